The number of nitrogens with zero attached hydrogens (tertiary/aromatic N) is 1. The summed E-state index contributed by atoms with van der Waals surface area (Å²) in [5, 5.41) is 11.5. The lowest BCUT2D eigenvalue weighted by Gasteiger charge is -2.45. The molecular weight excluding hydrogens is 545 g/mol. The van der Waals surface area contributed by atoms with E-state index in [9.17, 15) is 9.90 Å². The fourth-order valence-electron chi connectivity index (χ4n) is 5.92. The SMILES string of the molecule is C[C@H]1c2cccc([C@@H]3C[C@H]3CC(C)(C)O)c2C[C@H](CO[Si](C)(C)C(C)(C)C)N1C(=O)Cc1c(Cl)cccc1Cl. The molecule has 39 heavy (non-hydrogen) atoms. The third-order valence-electron chi connectivity index (χ3n) is 9.15. The molecular formula is C32H45Cl2NO3Si. The first-order valence-corrected chi connectivity index (χ1v) is 17.9. The highest BCUT2D eigenvalue weighted by molar-refractivity contribution is 6.74. The first-order valence-electron chi connectivity index (χ1n) is 14.2. The molecule has 1 N–H and O–H groups in total. The lowest BCUT2D eigenvalue weighted by atomic mass is 9.83. The van der Waals surface area contributed by atoms with Gasteiger partial charge in [0.1, 0.15) is 0 Å². The van der Waals surface area contributed by atoms with Crippen LogP contribution in [0, 0.1) is 5.92 Å². The number of fused-ring (bicyclic) bond motifs is 1. The Balaban J connectivity index is 1.67. The van der Waals surface area contributed by atoms with Gasteiger partial charge in [-0.25, -0.2) is 0 Å². The third kappa shape index (κ3) is 6.76. The molecule has 1 heterocycles. The van der Waals surface area contributed by atoms with E-state index in [0.29, 0.717) is 34.1 Å². The summed E-state index contributed by atoms with van der Waals surface area (Å²) in [5.74, 6) is 0.976. The molecule has 0 bridgehead atoms. The molecule has 1 fully saturated rings. The fourth-order valence-corrected chi connectivity index (χ4v) is 7.49. The van der Waals surface area contributed by atoms with Crippen molar-refractivity contribution in [2.45, 2.75) is 109 Å². The van der Waals surface area contributed by atoms with Crippen molar-refractivity contribution in [1.29, 1.82) is 0 Å². The van der Waals surface area contributed by atoms with E-state index < -0.39 is 13.9 Å². The number of rotatable bonds is 8. The van der Waals surface area contributed by atoms with Crippen molar-refractivity contribution in [1.82, 2.24) is 4.90 Å². The van der Waals surface area contributed by atoms with Gasteiger partial charge in [-0.15, -0.1) is 0 Å². The molecule has 1 aliphatic heterocycles. The zero-order valence-electron chi connectivity index (χ0n) is 24.8. The second kappa shape index (κ2) is 11.1. The van der Waals surface area contributed by atoms with Gasteiger partial charge in [0.2, 0.25) is 5.91 Å². The number of hydrogen-bond donors (Lipinski definition) is 1. The molecule has 2 aromatic carbocycles. The van der Waals surface area contributed by atoms with Crippen molar-refractivity contribution in [3.8, 4) is 0 Å². The molecule has 7 heteroatoms. The molecule has 0 radical (unpaired) electrons. The van der Waals surface area contributed by atoms with Gasteiger partial charge in [-0.1, -0.05) is 68.2 Å². The number of aliphatic hydroxyl groups is 1. The van der Waals surface area contributed by atoms with Gasteiger partial charge in [-0.2, -0.15) is 0 Å². The molecule has 4 atom stereocenters. The zero-order chi connectivity index (χ0) is 28.9. The summed E-state index contributed by atoms with van der Waals surface area (Å²) in [6.45, 7) is 17.7. The van der Waals surface area contributed by atoms with E-state index in [1.54, 1.807) is 18.2 Å². The van der Waals surface area contributed by atoms with Crippen molar-refractivity contribution in [2.24, 2.45) is 5.92 Å². The van der Waals surface area contributed by atoms with Crippen LogP contribution in [0.2, 0.25) is 28.2 Å². The number of carbonyl (C=O) groups is 1. The van der Waals surface area contributed by atoms with Crippen LogP contribution in [0.25, 0.3) is 0 Å². The summed E-state index contributed by atoms with van der Waals surface area (Å²) in [7, 11) is -2.03. The van der Waals surface area contributed by atoms with E-state index in [-0.39, 0.29) is 29.4 Å². The molecule has 1 saturated carbocycles. The molecule has 4 nitrogen and oxygen atoms in total. The molecule has 1 amide bonds. The normalized spacial score (nSPS) is 23.5. The lowest BCUT2D eigenvalue weighted by molar-refractivity contribution is -0.137. The molecule has 0 spiro atoms. The van der Waals surface area contributed by atoms with Crippen LogP contribution in [0.5, 0.6) is 0 Å². The third-order valence-corrected chi connectivity index (χ3v) is 14.4. The highest BCUT2D eigenvalue weighted by Gasteiger charge is 2.45. The van der Waals surface area contributed by atoms with Gasteiger partial charge in [0.05, 0.1) is 30.7 Å². The molecule has 2 aliphatic rings. The average molecular weight is 591 g/mol. The van der Waals surface area contributed by atoms with Crippen molar-refractivity contribution < 1.29 is 14.3 Å². The van der Waals surface area contributed by atoms with Crippen molar-refractivity contribution in [3.63, 3.8) is 0 Å². The van der Waals surface area contributed by atoms with Crippen LogP contribution >= 0.6 is 23.2 Å². The quantitative estimate of drug-likeness (QED) is 0.315. The Morgan fingerprint density at radius 3 is 2.23 bits per heavy atom. The zero-order valence-corrected chi connectivity index (χ0v) is 27.3. The Bertz CT molecular complexity index is 1200. The molecule has 0 unspecified atom stereocenters. The minimum absolute atomic E-state index is 0.0173. The van der Waals surface area contributed by atoms with Crippen molar-refractivity contribution >= 4 is 37.4 Å². The summed E-state index contributed by atoms with van der Waals surface area (Å²) in [4.78, 5) is 16.0. The van der Waals surface area contributed by atoms with Crippen LogP contribution in [-0.4, -0.2) is 42.5 Å². The maximum atomic E-state index is 14.0. The summed E-state index contributed by atoms with van der Waals surface area (Å²) < 4.78 is 6.74. The molecule has 214 valence electrons. The van der Waals surface area contributed by atoms with Gasteiger partial charge in [0.15, 0.2) is 8.32 Å². The van der Waals surface area contributed by atoms with Gasteiger partial charge in [-0.3, -0.25) is 4.79 Å². The van der Waals surface area contributed by atoms with E-state index in [1.807, 2.05) is 18.7 Å². The van der Waals surface area contributed by atoms with Crippen LogP contribution in [-0.2, 0) is 22.1 Å². The Kier molecular flexibility index (Phi) is 8.73. The largest absolute Gasteiger partial charge is 0.415 e. The van der Waals surface area contributed by atoms with Crippen LogP contribution in [0.4, 0.5) is 0 Å². The van der Waals surface area contributed by atoms with E-state index in [1.165, 1.54) is 16.7 Å². The summed E-state index contributed by atoms with van der Waals surface area (Å²) in [6, 6.07) is 11.8. The van der Waals surface area contributed by atoms with Gasteiger partial charge in [0, 0.05) is 10.0 Å². The Labute approximate surface area is 246 Å². The number of amides is 1. The number of hydrogen-bond acceptors (Lipinski definition) is 3. The first-order chi connectivity index (χ1) is 18.0. The standard InChI is InChI=1S/C32H45Cl2NO3Si/c1-20-23-11-9-12-24(25-15-21(25)18-32(5,6)37)26(23)16-22(19-38-39(7,8)31(2,3)4)35(20)30(36)17-27-28(33)13-10-14-29(27)34/h9-14,20-22,25,37H,15-19H2,1-8H3/t20-,21-,22+,25+/m0/s1. The molecule has 0 aromatic heterocycles. The van der Waals surface area contributed by atoms with E-state index in [0.717, 1.165) is 19.3 Å². The van der Waals surface area contributed by atoms with Crippen molar-refractivity contribution in [3.05, 3.63) is 68.7 Å². The van der Waals surface area contributed by atoms with Gasteiger partial charge >= 0.3 is 0 Å². The maximum absolute atomic E-state index is 14.0. The van der Waals surface area contributed by atoms with Crippen LogP contribution in [0.3, 0.4) is 0 Å². The second-order valence-electron chi connectivity index (χ2n) is 13.8. The minimum Gasteiger partial charge on any atom is -0.415 e. The van der Waals surface area contributed by atoms with E-state index >= 15 is 0 Å². The minimum atomic E-state index is -2.03. The Morgan fingerprint density at radius 2 is 1.64 bits per heavy atom. The predicted octanol–water partition coefficient (Wildman–Crippen LogP) is 8.34. The predicted molar refractivity (Wildman–Crippen MR) is 164 cm³/mol. The summed E-state index contributed by atoms with van der Waals surface area (Å²) >= 11 is 12.9. The monoisotopic (exact) mass is 589 g/mol. The number of carbonyl (C=O) groups excluding carboxylic acids is 1. The number of benzene rings is 2. The summed E-state index contributed by atoms with van der Waals surface area (Å²) in [5.41, 5.74) is 3.96. The van der Waals surface area contributed by atoms with Crippen LogP contribution in [0.1, 0.15) is 88.6 Å². The molecule has 0 saturated heterocycles. The summed E-state index contributed by atoms with van der Waals surface area (Å²) in [6.07, 6.45) is 2.83. The maximum Gasteiger partial charge on any atom is 0.227 e. The van der Waals surface area contributed by atoms with Crippen LogP contribution in [0.15, 0.2) is 36.4 Å². The highest BCUT2D eigenvalue weighted by Crippen LogP contribution is 2.54. The Hall–Kier alpha value is -1.37. The Morgan fingerprint density at radius 1 is 1.05 bits per heavy atom. The van der Waals surface area contributed by atoms with Gasteiger partial charge in [-0.05, 0) is 104 Å². The van der Waals surface area contributed by atoms with Crippen molar-refractivity contribution in [2.75, 3.05) is 6.61 Å². The average Bonchev–Trinajstić information content (AvgIpc) is 3.56. The van der Waals surface area contributed by atoms with Gasteiger partial charge in [0.25, 0.3) is 0 Å². The first kappa shape index (κ1) is 30.6. The topological polar surface area (TPSA) is 49.8 Å². The fraction of sp³-hybridized carbons (Fsp3) is 0.594. The smallest absolute Gasteiger partial charge is 0.227 e. The second-order valence-corrected chi connectivity index (χ2v) is 19.4. The molecule has 2 aromatic rings. The van der Waals surface area contributed by atoms with Gasteiger partial charge < -0.3 is 14.4 Å². The van der Waals surface area contributed by atoms with E-state index in [4.69, 9.17) is 27.6 Å². The highest BCUT2D eigenvalue weighted by atomic mass is 35.5. The lowest BCUT2D eigenvalue weighted by Crippen LogP contribution is -2.52. The van der Waals surface area contributed by atoms with E-state index in [2.05, 4.69) is 59.0 Å². The molecule has 4 rings (SSSR count). The van der Waals surface area contributed by atoms with Crippen LogP contribution < -0.4 is 0 Å². The number of halogens is 2. The molecule has 1 aliphatic carbocycles.